The molecule has 1 spiro atoms. The summed E-state index contributed by atoms with van der Waals surface area (Å²) in [6, 6.07) is 8.53. The number of piperidine rings is 4. The number of likely N-dealkylation sites (tertiary alicyclic amines) is 1. The van der Waals surface area contributed by atoms with Gasteiger partial charge in [-0.15, -0.1) is 0 Å². The summed E-state index contributed by atoms with van der Waals surface area (Å²) in [5.74, 6) is -4.46. The highest BCUT2D eigenvalue weighted by molar-refractivity contribution is 6.02. The number of anilines is 2. The number of aryl methyl sites for hydroxylation is 1. The fourth-order valence-electron chi connectivity index (χ4n) is 12.8. The fraction of sp³-hybridized carbons (Fsp3) is 0.554. The smallest absolute Gasteiger partial charge is 0.319 e. The van der Waals surface area contributed by atoms with E-state index < -0.39 is 46.6 Å². The van der Waals surface area contributed by atoms with Crippen molar-refractivity contribution < 1.29 is 46.8 Å². The highest BCUT2D eigenvalue weighted by atomic mass is 19.1. The zero-order chi connectivity index (χ0) is 50.8. The van der Waals surface area contributed by atoms with Crippen LogP contribution in [0.15, 0.2) is 42.6 Å². The normalized spacial score (nSPS) is 23.9. The lowest BCUT2D eigenvalue weighted by molar-refractivity contribution is -0.134. The lowest BCUT2D eigenvalue weighted by atomic mass is 9.67. The number of hydrogen-bond acceptors (Lipinski definition) is 12. The van der Waals surface area contributed by atoms with Crippen LogP contribution in [-0.4, -0.2) is 112 Å². The second-order valence-electron chi connectivity index (χ2n) is 22.4. The minimum absolute atomic E-state index is 0.00110. The number of aromatic hydroxyl groups is 1. The predicted octanol–water partition coefficient (Wildman–Crippen LogP) is 9.41. The van der Waals surface area contributed by atoms with Crippen molar-refractivity contribution in [2.45, 2.75) is 134 Å². The number of aliphatic hydroxyl groups is 1. The molecule has 2 aliphatic carbocycles. The minimum Gasteiger partial charge on any atom is -0.508 e. The van der Waals surface area contributed by atoms with Crippen LogP contribution in [-0.2, 0) is 20.7 Å². The first-order chi connectivity index (χ1) is 35.1. The van der Waals surface area contributed by atoms with E-state index in [1.807, 2.05) is 16.7 Å². The van der Waals surface area contributed by atoms with E-state index >= 15 is 17.6 Å². The van der Waals surface area contributed by atoms with Crippen molar-refractivity contribution in [2.24, 2.45) is 10.8 Å². The topological polar surface area (TPSA) is 153 Å². The van der Waals surface area contributed by atoms with Gasteiger partial charge in [0.15, 0.2) is 5.82 Å². The van der Waals surface area contributed by atoms with Crippen molar-refractivity contribution >= 4 is 45.0 Å². The van der Waals surface area contributed by atoms with Gasteiger partial charge in [0.2, 0.25) is 11.8 Å². The van der Waals surface area contributed by atoms with E-state index in [2.05, 4.69) is 15.2 Å². The quantitative estimate of drug-likeness (QED) is 0.0807. The number of aromatic nitrogens is 3. The van der Waals surface area contributed by atoms with E-state index in [0.717, 1.165) is 83.8 Å². The Morgan fingerprint density at radius 3 is 2.23 bits per heavy atom. The van der Waals surface area contributed by atoms with Gasteiger partial charge in [-0.25, -0.2) is 17.6 Å². The molecule has 0 radical (unpaired) electrons. The van der Waals surface area contributed by atoms with Crippen LogP contribution >= 0.6 is 0 Å². The number of carbonyl (C=O) groups is 2. The summed E-state index contributed by atoms with van der Waals surface area (Å²) in [6.45, 7) is 8.98. The number of β-amino-alcohol motifs (C(OH)–C–C–N with tert-alkyl or cyclic N) is 1. The zero-order valence-electron chi connectivity index (χ0n) is 41.8. The molecule has 2 atom stereocenters. The Kier molecular flexibility index (Phi) is 13.3. The number of pyridine rings is 1. The third-order valence-corrected chi connectivity index (χ3v) is 17.2. The van der Waals surface area contributed by atoms with E-state index in [1.165, 1.54) is 36.5 Å². The summed E-state index contributed by atoms with van der Waals surface area (Å²) < 4.78 is 76.1. The maximum atomic E-state index is 17.2. The van der Waals surface area contributed by atoms with Crippen LogP contribution in [0, 0.1) is 34.1 Å². The lowest BCUT2D eigenvalue weighted by Crippen LogP contribution is -2.46. The summed E-state index contributed by atoms with van der Waals surface area (Å²) in [4.78, 5) is 44.5. The molecule has 3 N–H and O–H groups in total. The van der Waals surface area contributed by atoms with Gasteiger partial charge in [0, 0.05) is 67.6 Å². The lowest BCUT2D eigenvalue weighted by Gasteiger charge is -2.47. The van der Waals surface area contributed by atoms with Gasteiger partial charge in [-0.2, -0.15) is 9.97 Å². The van der Waals surface area contributed by atoms with Crippen molar-refractivity contribution in [3.63, 3.8) is 0 Å². The van der Waals surface area contributed by atoms with Crippen molar-refractivity contribution in [3.8, 4) is 23.0 Å². The standard InChI is InChI=1S/C56H65F4N7O6/c1-3-38-42(57)7-5-33-25-35(68)28-40(46(33)38)49-48(60)50-41(29-61-49)51(67-20-4-13-54(2,71)30-67)64-53(63-50)72-32-56(16-17-56)31-65-23-18-55(19-24-65)14-9-36(10-15-55)73-37-11-21-66(22-12-37)34-26-43(58)47(44(59)27-34)39-6-8-45(69)62-52(39)70/h5,7,25-29,36-37,39,68,71H,3-4,6,8-24,30-32H2,1-2H3,(H,62,69,70)/t39?,54-/m1/s1. The summed E-state index contributed by atoms with van der Waals surface area (Å²) in [5, 5.41) is 25.5. The number of rotatable bonds is 12. The van der Waals surface area contributed by atoms with Crippen LogP contribution in [0.3, 0.4) is 0 Å². The summed E-state index contributed by atoms with van der Waals surface area (Å²) in [7, 11) is 0. The van der Waals surface area contributed by atoms with E-state index in [4.69, 9.17) is 19.4 Å². The molecule has 2 saturated carbocycles. The summed E-state index contributed by atoms with van der Waals surface area (Å²) >= 11 is 0. The SMILES string of the molecule is CCc1c(F)ccc2cc(O)cc(-c3ncc4c(N5CCC[C@@](C)(O)C5)nc(OCC5(CN6CCC7(CCC(OC8CCN(c9cc(F)c(C%10CCC(=O)NC%10=O)c(F)c9)CC8)CC7)CC6)CC5)nc4c3F)c12. The molecule has 1 unspecified atom stereocenters. The van der Waals surface area contributed by atoms with Gasteiger partial charge in [0.1, 0.15) is 40.2 Å². The molecule has 73 heavy (non-hydrogen) atoms. The maximum Gasteiger partial charge on any atom is 0.319 e. The van der Waals surface area contributed by atoms with Gasteiger partial charge in [0.25, 0.3) is 0 Å². The number of nitrogens with zero attached hydrogens (tertiary/aromatic N) is 6. The minimum atomic E-state index is -1.02. The summed E-state index contributed by atoms with van der Waals surface area (Å²) in [5.41, 5.74) is 0.00970. The summed E-state index contributed by atoms with van der Waals surface area (Å²) in [6.07, 6.45) is 13.6. The average molecular weight is 1010 g/mol. The first-order valence-corrected chi connectivity index (χ1v) is 26.4. The van der Waals surface area contributed by atoms with Crippen LogP contribution in [0.25, 0.3) is 32.9 Å². The van der Waals surface area contributed by atoms with Crippen molar-refractivity contribution in [3.05, 3.63) is 77.0 Å². The molecule has 3 aromatic carbocycles. The molecule has 6 fully saturated rings. The highest BCUT2D eigenvalue weighted by Gasteiger charge is 2.47. The molecule has 0 bridgehead atoms. The molecule has 6 aliphatic rings. The van der Waals surface area contributed by atoms with Crippen molar-refractivity contribution in [1.29, 1.82) is 0 Å². The Hall–Kier alpha value is -5.65. The van der Waals surface area contributed by atoms with Crippen molar-refractivity contribution in [2.75, 3.05) is 62.2 Å². The van der Waals surface area contributed by atoms with E-state index in [9.17, 15) is 19.8 Å². The molecule has 4 saturated heterocycles. The van der Waals surface area contributed by atoms with Crippen LogP contribution < -0.4 is 19.9 Å². The van der Waals surface area contributed by atoms with Crippen LogP contribution in [0.4, 0.5) is 29.1 Å². The maximum absolute atomic E-state index is 17.2. The van der Waals surface area contributed by atoms with Crippen LogP contribution in [0.5, 0.6) is 11.8 Å². The molecule has 4 aliphatic heterocycles. The Balaban J connectivity index is 0.705. The molecular weight excluding hydrogens is 943 g/mol. The van der Waals surface area contributed by atoms with E-state index in [1.54, 1.807) is 13.0 Å². The molecule has 2 aromatic heterocycles. The number of imide groups is 1. The molecule has 388 valence electrons. The number of ether oxygens (including phenoxy) is 2. The first kappa shape index (κ1) is 49.6. The third kappa shape index (κ3) is 10.0. The van der Waals surface area contributed by atoms with Gasteiger partial charge >= 0.3 is 6.01 Å². The molecule has 2 amide bonds. The Bertz CT molecular complexity index is 2920. The van der Waals surface area contributed by atoms with Crippen LogP contribution in [0.1, 0.15) is 121 Å². The number of hydrogen-bond donors (Lipinski definition) is 3. The predicted molar refractivity (Wildman–Crippen MR) is 269 cm³/mol. The number of carbonyl (C=O) groups excluding carboxylic acids is 2. The Labute approximate surface area is 422 Å². The number of nitrogens with one attached hydrogen (secondary N) is 1. The van der Waals surface area contributed by atoms with Crippen molar-refractivity contribution in [1.82, 2.24) is 25.2 Å². The van der Waals surface area contributed by atoms with Gasteiger partial charge < -0.3 is 34.4 Å². The number of fused-ring (bicyclic) bond motifs is 2. The highest BCUT2D eigenvalue weighted by Crippen LogP contribution is 2.50. The van der Waals surface area contributed by atoms with Gasteiger partial charge in [-0.05, 0) is 162 Å². The van der Waals surface area contributed by atoms with E-state index in [-0.39, 0.29) is 71.1 Å². The number of phenolic OH excluding ortho intramolecular Hbond substituents is 1. The second-order valence-corrected chi connectivity index (χ2v) is 22.4. The largest absolute Gasteiger partial charge is 0.508 e. The molecule has 13 nitrogen and oxygen atoms in total. The molecule has 17 heteroatoms. The second kappa shape index (κ2) is 19.6. The molecule has 11 rings (SSSR count). The first-order valence-electron chi connectivity index (χ1n) is 26.4. The zero-order valence-corrected chi connectivity index (χ0v) is 41.8. The fourth-order valence-corrected chi connectivity index (χ4v) is 12.8. The number of phenols is 1. The number of benzene rings is 3. The molecule has 5 aromatic rings. The van der Waals surface area contributed by atoms with Gasteiger partial charge in [0.05, 0.1) is 35.7 Å². The Morgan fingerprint density at radius 2 is 1.55 bits per heavy atom. The monoisotopic (exact) mass is 1010 g/mol. The Morgan fingerprint density at radius 1 is 0.822 bits per heavy atom. The molecular formula is C56H65F4N7O6. The van der Waals surface area contributed by atoms with Gasteiger partial charge in [-0.3, -0.25) is 19.9 Å². The third-order valence-electron chi connectivity index (χ3n) is 17.2. The van der Waals surface area contributed by atoms with Gasteiger partial charge in [-0.1, -0.05) is 13.0 Å². The molecule has 6 heterocycles. The number of halogens is 4. The average Bonchev–Trinajstić information content (AvgIpc) is 4.14. The van der Waals surface area contributed by atoms with E-state index in [0.29, 0.717) is 84.1 Å². The number of amides is 2. The van der Waals surface area contributed by atoms with Crippen LogP contribution in [0.2, 0.25) is 0 Å².